The van der Waals surface area contributed by atoms with Crippen LogP contribution in [0.15, 0.2) is 66.7 Å². The highest BCUT2D eigenvalue weighted by molar-refractivity contribution is 5.91. The van der Waals surface area contributed by atoms with Gasteiger partial charge in [0.1, 0.15) is 12.2 Å². The summed E-state index contributed by atoms with van der Waals surface area (Å²) in [6.45, 7) is 0. The highest BCUT2D eigenvalue weighted by Crippen LogP contribution is 2.25. The summed E-state index contributed by atoms with van der Waals surface area (Å²) in [7, 11) is 0. The van der Waals surface area contributed by atoms with Crippen molar-refractivity contribution < 1.29 is 29.4 Å². The van der Waals surface area contributed by atoms with Crippen LogP contribution >= 0.6 is 0 Å². The topological polar surface area (TPSA) is 125 Å². The fourth-order valence-corrected chi connectivity index (χ4v) is 3.95. The van der Waals surface area contributed by atoms with E-state index in [1.54, 1.807) is 42.5 Å². The van der Waals surface area contributed by atoms with Crippen molar-refractivity contribution in [3.05, 3.63) is 77.9 Å². The number of carbonyl (C=O) groups excluding carboxylic acids is 3. The quantitative estimate of drug-likeness (QED) is 0.242. The molecule has 1 fully saturated rings. The maximum Gasteiger partial charge on any atom is 0.333 e. The molecule has 8 heteroatoms. The van der Waals surface area contributed by atoms with Crippen LogP contribution in [-0.4, -0.2) is 40.3 Å². The first-order chi connectivity index (χ1) is 16.5. The van der Waals surface area contributed by atoms with Gasteiger partial charge in [0.25, 0.3) is 5.91 Å². The third kappa shape index (κ3) is 7.00. The molecule has 0 heterocycles. The minimum atomic E-state index is -1.83. The summed E-state index contributed by atoms with van der Waals surface area (Å²) in [5.41, 5.74) is 2.79. The molecular weight excluding hydrogens is 436 g/mol. The van der Waals surface area contributed by atoms with Crippen molar-refractivity contribution in [2.75, 3.05) is 0 Å². The first-order valence-corrected chi connectivity index (χ1v) is 11.4. The van der Waals surface area contributed by atoms with Crippen molar-refractivity contribution in [2.45, 2.75) is 50.4 Å². The van der Waals surface area contributed by atoms with Gasteiger partial charge >= 0.3 is 5.97 Å². The molecule has 1 saturated carbocycles. The molecule has 8 nitrogen and oxygen atoms in total. The predicted molar refractivity (Wildman–Crippen MR) is 125 cm³/mol. The number of esters is 1. The number of rotatable bonds is 10. The van der Waals surface area contributed by atoms with Gasteiger partial charge < -0.3 is 15.2 Å². The molecule has 0 spiro atoms. The number of ether oxygens (including phenoxy) is 1. The van der Waals surface area contributed by atoms with Crippen LogP contribution in [0.4, 0.5) is 0 Å². The van der Waals surface area contributed by atoms with Gasteiger partial charge in [-0.05, 0) is 43.2 Å². The van der Waals surface area contributed by atoms with E-state index in [4.69, 9.17) is 9.94 Å². The predicted octanol–water partition coefficient (Wildman–Crippen LogP) is 2.92. The van der Waals surface area contributed by atoms with E-state index in [1.165, 1.54) is 5.48 Å². The Labute approximate surface area is 198 Å². The maximum absolute atomic E-state index is 13.2. The number of hydrogen-bond donors (Lipinski definition) is 4. The molecule has 0 radical (unpaired) electrons. The summed E-state index contributed by atoms with van der Waals surface area (Å²) in [5, 5.41) is 22.0. The molecular formula is C26H30N2O6. The zero-order valence-electron chi connectivity index (χ0n) is 18.8. The third-order valence-corrected chi connectivity index (χ3v) is 5.84. The monoisotopic (exact) mass is 466 g/mol. The van der Waals surface area contributed by atoms with Crippen molar-refractivity contribution in [3.8, 4) is 0 Å². The van der Waals surface area contributed by atoms with Gasteiger partial charge in [-0.2, -0.15) is 0 Å². The lowest BCUT2D eigenvalue weighted by Crippen LogP contribution is -2.47. The fraction of sp³-hybridized carbons (Fsp3) is 0.346. The molecule has 0 saturated heterocycles. The number of benzene rings is 2. The molecule has 2 amide bonds. The molecule has 3 rings (SSSR count). The molecule has 0 unspecified atom stereocenters. The van der Waals surface area contributed by atoms with E-state index in [1.807, 2.05) is 30.3 Å². The summed E-state index contributed by atoms with van der Waals surface area (Å²) in [5.74, 6) is -3.67. The molecule has 1 aliphatic carbocycles. The van der Waals surface area contributed by atoms with E-state index in [0.29, 0.717) is 5.56 Å². The number of carbonyl (C=O) groups is 3. The van der Waals surface area contributed by atoms with Crippen molar-refractivity contribution in [1.29, 1.82) is 0 Å². The second kappa shape index (κ2) is 12.7. The Hall–Kier alpha value is -3.49. The van der Waals surface area contributed by atoms with Gasteiger partial charge in [0.2, 0.25) is 5.91 Å². The summed E-state index contributed by atoms with van der Waals surface area (Å²) < 4.78 is 5.63. The summed E-state index contributed by atoms with van der Waals surface area (Å²) in [4.78, 5) is 38.1. The van der Waals surface area contributed by atoms with Gasteiger partial charge in [-0.3, -0.25) is 14.8 Å². The molecule has 180 valence electrons. The van der Waals surface area contributed by atoms with Crippen LogP contribution in [0.2, 0.25) is 0 Å². The van der Waals surface area contributed by atoms with Crippen molar-refractivity contribution in [2.24, 2.45) is 5.92 Å². The normalized spacial score (nSPS) is 16.5. The van der Waals surface area contributed by atoms with Crippen molar-refractivity contribution >= 4 is 23.9 Å². The number of hydroxylamine groups is 1. The zero-order valence-corrected chi connectivity index (χ0v) is 18.8. The van der Waals surface area contributed by atoms with Gasteiger partial charge in [-0.15, -0.1) is 0 Å². The number of amides is 2. The average Bonchev–Trinajstić information content (AvgIpc) is 3.38. The van der Waals surface area contributed by atoms with Crippen LogP contribution in [0, 0.1) is 5.92 Å². The second-order valence-corrected chi connectivity index (χ2v) is 8.27. The summed E-state index contributed by atoms with van der Waals surface area (Å²) in [6, 6.07) is 16.9. The van der Waals surface area contributed by atoms with Gasteiger partial charge in [0, 0.05) is 0 Å². The maximum atomic E-state index is 13.2. The number of aliphatic hydroxyl groups is 1. The molecule has 4 N–H and O–H groups in total. The molecule has 2 aromatic carbocycles. The minimum absolute atomic E-state index is 0.00546. The molecule has 0 bridgehead atoms. The largest absolute Gasteiger partial charge is 0.461 e. The van der Waals surface area contributed by atoms with E-state index < -0.39 is 35.8 Å². The highest BCUT2D eigenvalue weighted by atomic mass is 16.5. The Morgan fingerprint density at radius 3 is 2.21 bits per heavy atom. The second-order valence-electron chi connectivity index (χ2n) is 8.27. The van der Waals surface area contributed by atoms with Gasteiger partial charge in [0.05, 0.1) is 5.92 Å². The standard InChI is InChI=1S/C26H30N2O6/c29-23(25(31)28-33)21(17-9-12-18-10-3-1-4-11-18)24(30)27-22(19-13-5-2-6-14-19)26(32)34-20-15-7-8-16-20/h1-6,9-14,20-23,29,33H,7-8,15-17H2,(H,27,30)(H,28,31)/t21-,22+,23+/m1/s1. The van der Waals surface area contributed by atoms with E-state index in [-0.39, 0.29) is 12.5 Å². The smallest absolute Gasteiger partial charge is 0.333 e. The average molecular weight is 467 g/mol. The van der Waals surface area contributed by atoms with E-state index in [9.17, 15) is 19.5 Å². The lowest BCUT2D eigenvalue weighted by atomic mass is 9.95. The first kappa shape index (κ1) is 25.1. The molecule has 1 aliphatic rings. The number of hydrogen-bond acceptors (Lipinski definition) is 6. The van der Waals surface area contributed by atoms with Gasteiger partial charge in [-0.1, -0.05) is 72.8 Å². The molecule has 0 aromatic heterocycles. The fourth-order valence-electron chi connectivity index (χ4n) is 3.95. The van der Waals surface area contributed by atoms with Crippen LogP contribution in [0.3, 0.4) is 0 Å². The molecule has 0 aliphatic heterocycles. The number of allylic oxidation sites excluding steroid dienone is 1. The Morgan fingerprint density at radius 2 is 1.59 bits per heavy atom. The van der Waals surface area contributed by atoms with Crippen molar-refractivity contribution in [3.63, 3.8) is 0 Å². The first-order valence-electron chi connectivity index (χ1n) is 11.4. The minimum Gasteiger partial charge on any atom is -0.461 e. The highest BCUT2D eigenvalue weighted by Gasteiger charge is 2.35. The Bertz CT molecular complexity index is 973. The van der Waals surface area contributed by atoms with Crippen LogP contribution < -0.4 is 10.8 Å². The van der Waals surface area contributed by atoms with Gasteiger partial charge in [-0.25, -0.2) is 10.3 Å². The van der Waals surface area contributed by atoms with Crippen LogP contribution in [0.5, 0.6) is 0 Å². The summed E-state index contributed by atoms with van der Waals surface area (Å²) >= 11 is 0. The lowest BCUT2D eigenvalue weighted by molar-refractivity contribution is -0.154. The third-order valence-electron chi connectivity index (χ3n) is 5.84. The van der Waals surface area contributed by atoms with E-state index in [0.717, 1.165) is 31.2 Å². The van der Waals surface area contributed by atoms with Crippen LogP contribution in [0.25, 0.3) is 6.08 Å². The van der Waals surface area contributed by atoms with E-state index in [2.05, 4.69) is 5.32 Å². The zero-order chi connectivity index (χ0) is 24.3. The summed E-state index contributed by atoms with van der Waals surface area (Å²) in [6.07, 6.45) is 4.92. The SMILES string of the molecule is O=C(OC1CCCC1)[C@@H](NC(=O)[C@H](CC=Cc1ccccc1)[C@H](O)C(=O)NO)c1ccccc1. The lowest BCUT2D eigenvalue weighted by Gasteiger charge is -2.25. The molecule has 3 atom stereocenters. The Kier molecular flexibility index (Phi) is 9.37. The Morgan fingerprint density at radius 1 is 0.971 bits per heavy atom. The Balaban J connectivity index is 1.78. The van der Waals surface area contributed by atoms with Crippen molar-refractivity contribution in [1.82, 2.24) is 10.8 Å². The van der Waals surface area contributed by atoms with Crippen LogP contribution in [0.1, 0.15) is 49.3 Å². The molecule has 2 aromatic rings. The van der Waals surface area contributed by atoms with E-state index >= 15 is 0 Å². The number of nitrogens with one attached hydrogen (secondary N) is 2. The van der Waals surface area contributed by atoms with Crippen LogP contribution in [-0.2, 0) is 19.1 Å². The molecule has 34 heavy (non-hydrogen) atoms. The number of aliphatic hydroxyl groups excluding tert-OH is 1. The van der Waals surface area contributed by atoms with Gasteiger partial charge in [0.15, 0.2) is 6.04 Å².